The van der Waals surface area contributed by atoms with Crippen LogP contribution in [0, 0.1) is 0 Å². The molecular weight excluding hydrogens is 230 g/mol. The van der Waals surface area contributed by atoms with Crippen molar-refractivity contribution < 1.29 is 29.9 Å². The van der Waals surface area contributed by atoms with Crippen molar-refractivity contribution in [2.75, 3.05) is 13.2 Å². The number of nitrogens with two attached hydrogens (primary N) is 1. The summed E-state index contributed by atoms with van der Waals surface area (Å²) in [7, 11) is 0. The van der Waals surface area contributed by atoms with Gasteiger partial charge in [0.05, 0.1) is 13.2 Å². The molecule has 0 saturated carbocycles. The van der Waals surface area contributed by atoms with Gasteiger partial charge in [0.2, 0.25) is 0 Å². The highest BCUT2D eigenvalue weighted by Crippen LogP contribution is 2.21. The molecule has 6 atom stereocenters. The minimum absolute atomic E-state index is 0.0418. The van der Waals surface area contributed by atoms with Crippen molar-refractivity contribution in [1.29, 1.82) is 0 Å². The van der Waals surface area contributed by atoms with Gasteiger partial charge in [-0.1, -0.05) is 0 Å². The summed E-state index contributed by atoms with van der Waals surface area (Å²) >= 11 is 0. The van der Waals surface area contributed by atoms with E-state index in [-0.39, 0.29) is 12.6 Å². The van der Waals surface area contributed by atoms with E-state index in [9.17, 15) is 15.3 Å². The van der Waals surface area contributed by atoms with Crippen molar-refractivity contribution in [3.63, 3.8) is 0 Å². The SMILES string of the molecule is CC(N)CCOC1O[C@H](CO)[C@@H](O)[C@H](O)[C@H]1O. The second-order valence-electron chi connectivity index (χ2n) is 4.33. The highest BCUT2D eigenvalue weighted by molar-refractivity contribution is 4.88. The lowest BCUT2D eigenvalue weighted by Gasteiger charge is -2.39. The number of aliphatic hydroxyl groups is 4. The Bertz CT molecular complexity index is 225. The Hall–Kier alpha value is -0.280. The molecule has 0 aliphatic carbocycles. The number of hydrogen-bond acceptors (Lipinski definition) is 7. The molecule has 0 amide bonds. The molecule has 2 unspecified atom stereocenters. The van der Waals surface area contributed by atoms with Gasteiger partial charge in [0.25, 0.3) is 0 Å². The summed E-state index contributed by atoms with van der Waals surface area (Å²) in [5.41, 5.74) is 5.53. The molecule has 102 valence electrons. The lowest BCUT2D eigenvalue weighted by Crippen LogP contribution is -2.59. The van der Waals surface area contributed by atoms with Gasteiger partial charge in [-0.05, 0) is 13.3 Å². The molecule has 0 radical (unpaired) electrons. The van der Waals surface area contributed by atoms with Crippen LogP contribution in [0.25, 0.3) is 0 Å². The van der Waals surface area contributed by atoms with E-state index in [4.69, 9.17) is 20.3 Å². The number of rotatable bonds is 5. The van der Waals surface area contributed by atoms with E-state index in [0.29, 0.717) is 6.42 Å². The van der Waals surface area contributed by atoms with Gasteiger partial charge < -0.3 is 35.6 Å². The average Bonchev–Trinajstić information content (AvgIpc) is 2.29. The summed E-state index contributed by atoms with van der Waals surface area (Å²) < 4.78 is 10.4. The van der Waals surface area contributed by atoms with Crippen LogP contribution < -0.4 is 5.73 Å². The molecule has 7 heteroatoms. The molecule has 1 saturated heterocycles. The molecule has 0 aromatic rings. The largest absolute Gasteiger partial charge is 0.394 e. The second kappa shape index (κ2) is 6.60. The molecule has 6 N–H and O–H groups in total. The molecule has 17 heavy (non-hydrogen) atoms. The highest BCUT2D eigenvalue weighted by Gasteiger charge is 2.43. The Morgan fingerprint density at radius 1 is 1.24 bits per heavy atom. The Morgan fingerprint density at radius 2 is 1.88 bits per heavy atom. The maximum absolute atomic E-state index is 9.61. The van der Waals surface area contributed by atoms with E-state index in [0.717, 1.165) is 0 Å². The molecule has 0 aromatic heterocycles. The predicted molar refractivity (Wildman–Crippen MR) is 58.0 cm³/mol. The standard InChI is InChI=1S/C10H21NO6/c1-5(11)2-3-16-10-9(15)8(14)7(13)6(4-12)17-10/h5-10,12-15H,2-4,11H2,1H3/t5?,6-,7-,8+,9-,10?/m1/s1. The molecule has 0 spiro atoms. The Balaban J connectivity index is 2.47. The van der Waals surface area contributed by atoms with Crippen molar-refractivity contribution in [3.8, 4) is 0 Å². The zero-order chi connectivity index (χ0) is 13.0. The molecule has 1 aliphatic rings. The number of hydrogen-bond donors (Lipinski definition) is 5. The third-order valence-corrected chi connectivity index (χ3v) is 2.70. The van der Waals surface area contributed by atoms with Gasteiger partial charge >= 0.3 is 0 Å². The van der Waals surface area contributed by atoms with Crippen molar-refractivity contribution in [1.82, 2.24) is 0 Å². The quantitative estimate of drug-likeness (QED) is 0.367. The fraction of sp³-hybridized carbons (Fsp3) is 1.00. The van der Waals surface area contributed by atoms with Crippen molar-refractivity contribution in [3.05, 3.63) is 0 Å². The van der Waals surface area contributed by atoms with Crippen LogP contribution in [0.3, 0.4) is 0 Å². The third-order valence-electron chi connectivity index (χ3n) is 2.70. The van der Waals surface area contributed by atoms with E-state index in [2.05, 4.69) is 0 Å². The zero-order valence-electron chi connectivity index (χ0n) is 9.77. The predicted octanol–water partition coefficient (Wildman–Crippen LogP) is -2.46. The molecule has 0 aromatic carbocycles. The molecule has 0 bridgehead atoms. The smallest absolute Gasteiger partial charge is 0.186 e. The summed E-state index contributed by atoms with van der Waals surface area (Å²) in [6, 6.07) is -0.0418. The van der Waals surface area contributed by atoms with Gasteiger partial charge in [-0.3, -0.25) is 0 Å². The van der Waals surface area contributed by atoms with Crippen LogP contribution in [-0.2, 0) is 9.47 Å². The van der Waals surface area contributed by atoms with Crippen molar-refractivity contribution in [2.24, 2.45) is 5.73 Å². The lowest BCUT2D eigenvalue weighted by molar-refractivity contribution is -0.301. The minimum Gasteiger partial charge on any atom is -0.394 e. The fourth-order valence-corrected chi connectivity index (χ4v) is 1.58. The normalized spacial score (nSPS) is 40.2. The Kier molecular flexibility index (Phi) is 5.74. The van der Waals surface area contributed by atoms with Crippen LogP contribution in [-0.4, -0.2) is 70.4 Å². The van der Waals surface area contributed by atoms with Gasteiger partial charge in [0, 0.05) is 6.04 Å². The summed E-state index contributed by atoms with van der Waals surface area (Å²) in [5, 5.41) is 37.6. The van der Waals surface area contributed by atoms with Crippen LogP contribution in [0.15, 0.2) is 0 Å². The number of aliphatic hydroxyl groups excluding tert-OH is 4. The highest BCUT2D eigenvalue weighted by atomic mass is 16.7. The lowest BCUT2D eigenvalue weighted by atomic mass is 9.99. The van der Waals surface area contributed by atoms with Crippen molar-refractivity contribution >= 4 is 0 Å². The van der Waals surface area contributed by atoms with Crippen LogP contribution in [0.5, 0.6) is 0 Å². The molecule has 1 heterocycles. The topological polar surface area (TPSA) is 125 Å². The van der Waals surface area contributed by atoms with Gasteiger partial charge in [-0.2, -0.15) is 0 Å². The van der Waals surface area contributed by atoms with Crippen LogP contribution in [0.2, 0.25) is 0 Å². The maximum atomic E-state index is 9.61. The van der Waals surface area contributed by atoms with Crippen LogP contribution in [0.1, 0.15) is 13.3 Å². The Morgan fingerprint density at radius 3 is 2.41 bits per heavy atom. The van der Waals surface area contributed by atoms with E-state index in [1.54, 1.807) is 0 Å². The number of ether oxygens (including phenoxy) is 2. The van der Waals surface area contributed by atoms with E-state index >= 15 is 0 Å². The first-order valence-corrected chi connectivity index (χ1v) is 5.65. The first-order valence-electron chi connectivity index (χ1n) is 5.65. The van der Waals surface area contributed by atoms with Gasteiger partial charge in [0.15, 0.2) is 6.29 Å². The van der Waals surface area contributed by atoms with Gasteiger partial charge in [-0.15, -0.1) is 0 Å². The molecule has 1 rings (SSSR count). The average molecular weight is 251 g/mol. The summed E-state index contributed by atoms with van der Waals surface area (Å²) in [6.07, 6.45) is -5.53. The van der Waals surface area contributed by atoms with E-state index < -0.39 is 37.3 Å². The fourth-order valence-electron chi connectivity index (χ4n) is 1.58. The third kappa shape index (κ3) is 3.85. The zero-order valence-corrected chi connectivity index (χ0v) is 9.77. The van der Waals surface area contributed by atoms with Gasteiger partial charge in [0.1, 0.15) is 24.4 Å². The monoisotopic (exact) mass is 251 g/mol. The maximum Gasteiger partial charge on any atom is 0.186 e. The molecule has 1 aliphatic heterocycles. The Labute approximate surface area is 99.8 Å². The summed E-state index contributed by atoms with van der Waals surface area (Å²) in [6.45, 7) is 1.62. The van der Waals surface area contributed by atoms with Crippen LogP contribution in [0.4, 0.5) is 0 Å². The first kappa shape index (κ1) is 14.8. The molecule has 7 nitrogen and oxygen atoms in total. The first-order chi connectivity index (χ1) is 7.97. The molecule has 1 fully saturated rings. The van der Waals surface area contributed by atoms with E-state index in [1.165, 1.54) is 0 Å². The second-order valence-corrected chi connectivity index (χ2v) is 4.33. The molecular formula is C10H21NO6. The minimum atomic E-state index is -1.40. The summed E-state index contributed by atoms with van der Waals surface area (Å²) in [5.74, 6) is 0. The van der Waals surface area contributed by atoms with Gasteiger partial charge in [-0.25, -0.2) is 0 Å². The van der Waals surface area contributed by atoms with Crippen molar-refractivity contribution in [2.45, 2.75) is 50.1 Å². The van der Waals surface area contributed by atoms with E-state index in [1.807, 2.05) is 6.92 Å². The summed E-state index contributed by atoms with van der Waals surface area (Å²) in [4.78, 5) is 0. The van der Waals surface area contributed by atoms with Crippen LogP contribution >= 0.6 is 0 Å².